The number of amides is 1. The molecule has 2 rings (SSSR count). The van der Waals surface area contributed by atoms with Gasteiger partial charge in [0.05, 0.1) is 0 Å². The molecule has 1 amide bonds. The number of anilines is 1. The second kappa shape index (κ2) is 14.4. The maximum absolute atomic E-state index is 12.5. The van der Waals surface area contributed by atoms with Crippen LogP contribution in [0.3, 0.4) is 0 Å². The number of rotatable bonds is 9. The predicted molar refractivity (Wildman–Crippen MR) is 124 cm³/mol. The van der Waals surface area contributed by atoms with Crippen LogP contribution in [-0.4, -0.2) is 81.3 Å². The van der Waals surface area contributed by atoms with Crippen LogP contribution >= 0.6 is 24.0 Å². The van der Waals surface area contributed by atoms with Crippen LogP contribution in [0, 0.1) is 0 Å². The first kappa shape index (κ1) is 24.4. The Kier molecular flexibility index (Phi) is 12.5. The summed E-state index contributed by atoms with van der Waals surface area (Å²) in [5.74, 6) is 1.91. The van der Waals surface area contributed by atoms with Gasteiger partial charge in [0.25, 0.3) is 0 Å². The van der Waals surface area contributed by atoms with E-state index >= 15 is 0 Å². The number of carbonyl (C=O) groups is 1. The van der Waals surface area contributed by atoms with E-state index < -0.39 is 0 Å². The summed E-state index contributed by atoms with van der Waals surface area (Å²) < 4.78 is 5.03. The molecule has 1 aliphatic rings. The van der Waals surface area contributed by atoms with E-state index in [1.165, 1.54) is 0 Å². The number of hydrogen-bond acceptors (Lipinski definition) is 5. The standard InChI is InChI=1S/C19H32N6O2.HI/c1-3-20-19(22-10-6-16-27-2)23-11-8-18(26)25-14-12-24(13-15-25)17-7-4-5-9-21-17;/h4-5,7,9H,3,6,8,10-16H2,1-2H3,(H2,20,22,23);1H. The highest BCUT2D eigenvalue weighted by Gasteiger charge is 2.21. The van der Waals surface area contributed by atoms with Gasteiger partial charge in [-0.15, -0.1) is 24.0 Å². The quantitative estimate of drug-likeness (QED) is 0.229. The molecule has 1 saturated heterocycles. The van der Waals surface area contributed by atoms with Crippen LogP contribution in [0.15, 0.2) is 29.4 Å². The summed E-state index contributed by atoms with van der Waals surface area (Å²) >= 11 is 0. The van der Waals surface area contributed by atoms with E-state index in [1.807, 2.05) is 30.0 Å². The van der Waals surface area contributed by atoms with Gasteiger partial charge in [-0.2, -0.15) is 0 Å². The lowest BCUT2D eigenvalue weighted by molar-refractivity contribution is -0.131. The zero-order chi connectivity index (χ0) is 19.3. The third-order valence-electron chi connectivity index (χ3n) is 4.36. The minimum Gasteiger partial charge on any atom is -0.385 e. The SMILES string of the molecule is CCNC(=NCCCOC)NCCC(=O)N1CCN(c2ccccn2)CC1.I. The summed E-state index contributed by atoms with van der Waals surface area (Å²) in [6.45, 7) is 7.91. The lowest BCUT2D eigenvalue weighted by atomic mass is 10.2. The van der Waals surface area contributed by atoms with Gasteiger partial charge in [-0.25, -0.2) is 4.98 Å². The number of methoxy groups -OCH3 is 1. The van der Waals surface area contributed by atoms with Crippen LogP contribution in [0.25, 0.3) is 0 Å². The molecule has 9 heteroatoms. The Morgan fingerprint density at radius 3 is 2.68 bits per heavy atom. The zero-order valence-electron chi connectivity index (χ0n) is 16.9. The van der Waals surface area contributed by atoms with Crippen molar-refractivity contribution in [3.8, 4) is 0 Å². The fraction of sp³-hybridized carbons (Fsp3) is 0.632. The molecule has 28 heavy (non-hydrogen) atoms. The van der Waals surface area contributed by atoms with Gasteiger partial charge in [0.1, 0.15) is 5.82 Å². The molecule has 1 aliphatic heterocycles. The van der Waals surface area contributed by atoms with E-state index in [9.17, 15) is 4.79 Å². The normalized spacial score (nSPS) is 14.4. The van der Waals surface area contributed by atoms with Crippen molar-refractivity contribution in [2.45, 2.75) is 19.8 Å². The Balaban J connectivity index is 0.00000392. The molecule has 0 aromatic carbocycles. The van der Waals surface area contributed by atoms with Crippen LogP contribution < -0.4 is 15.5 Å². The monoisotopic (exact) mass is 504 g/mol. The van der Waals surface area contributed by atoms with E-state index in [4.69, 9.17) is 4.74 Å². The molecule has 8 nitrogen and oxygen atoms in total. The second-order valence-electron chi connectivity index (χ2n) is 6.34. The Morgan fingerprint density at radius 2 is 2.04 bits per heavy atom. The molecule has 0 aliphatic carbocycles. The summed E-state index contributed by atoms with van der Waals surface area (Å²) in [6.07, 6.45) is 3.15. The summed E-state index contributed by atoms with van der Waals surface area (Å²) in [5, 5.41) is 6.43. The van der Waals surface area contributed by atoms with Gasteiger partial charge < -0.3 is 25.2 Å². The average Bonchev–Trinajstić information content (AvgIpc) is 2.72. The molecule has 1 aromatic rings. The number of hydrogen-bond donors (Lipinski definition) is 2. The molecule has 158 valence electrons. The van der Waals surface area contributed by atoms with E-state index in [2.05, 4.69) is 25.5 Å². The van der Waals surface area contributed by atoms with Crippen molar-refractivity contribution in [3.63, 3.8) is 0 Å². The summed E-state index contributed by atoms with van der Waals surface area (Å²) in [4.78, 5) is 25.5. The Morgan fingerprint density at radius 1 is 1.25 bits per heavy atom. The van der Waals surface area contributed by atoms with Gasteiger partial charge in [0.15, 0.2) is 5.96 Å². The van der Waals surface area contributed by atoms with Crippen LogP contribution in [0.5, 0.6) is 0 Å². The first-order valence-corrected chi connectivity index (χ1v) is 9.69. The molecule has 2 heterocycles. The van der Waals surface area contributed by atoms with E-state index in [0.29, 0.717) is 26.1 Å². The van der Waals surface area contributed by atoms with Crippen molar-refractivity contribution in [1.29, 1.82) is 0 Å². The van der Waals surface area contributed by atoms with Gasteiger partial charge in [0.2, 0.25) is 5.91 Å². The number of halogens is 1. The molecule has 0 atom stereocenters. The van der Waals surface area contributed by atoms with E-state index in [-0.39, 0.29) is 29.9 Å². The predicted octanol–water partition coefficient (Wildman–Crippen LogP) is 1.33. The van der Waals surface area contributed by atoms with Crippen molar-refractivity contribution in [3.05, 3.63) is 24.4 Å². The molecule has 2 N–H and O–H groups in total. The number of pyridine rings is 1. The number of nitrogens with one attached hydrogen (secondary N) is 2. The van der Waals surface area contributed by atoms with E-state index in [1.54, 1.807) is 13.3 Å². The minimum absolute atomic E-state index is 0. The number of nitrogens with zero attached hydrogens (tertiary/aromatic N) is 4. The van der Waals surface area contributed by atoms with E-state index in [0.717, 1.165) is 50.9 Å². The lowest BCUT2D eigenvalue weighted by Crippen LogP contribution is -2.49. The molecule has 0 bridgehead atoms. The van der Waals surface area contributed by atoms with Gasteiger partial charge in [-0.05, 0) is 25.5 Å². The van der Waals surface area contributed by atoms with Gasteiger partial charge in [0, 0.05) is 72.1 Å². The fourth-order valence-corrected chi connectivity index (χ4v) is 2.91. The topological polar surface area (TPSA) is 82.1 Å². The number of aromatic nitrogens is 1. The van der Waals surface area contributed by atoms with Crippen LogP contribution in [0.2, 0.25) is 0 Å². The Labute approximate surface area is 185 Å². The maximum atomic E-state index is 12.5. The maximum Gasteiger partial charge on any atom is 0.224 e. The highest BCUT2D eigenvalue weighted by atomic mass is 127. The molecule has 0 radical (unpaired) electrons. The highest BCUT2D eigenvalue weighted by molar-refractivity contribution is 14.0. The molecule has 0 spiro atoms. The summed E-state index contributed by atoms with van der Waals surface area (Å²) in [7, 11) is 1.69. The highest BCUT2D eigenvalue weighted by Crippen LogP contribution is 2.12. The minimum atomic E-state index is 0. The third kappa shape index (κ3) is 8.59. The third-order valence-corrected chi connectivity index (χ3v) is 4.36. The zero-order valence-corrected chi connectivity index (χ0v) is 19.2. The van der Waals surface area contributed by atoms with Crippen molar-refractivity contribution < 1.29 is 9.53 Å². The molecule has 1 fully saturated rings. The number of carbonyl (C=O) groups excluding carboxylic acids is 1. The van der Waals surface area contributed by atoms with Crippen molar-refractivity contribution >= 4 is 41.7 Å². The van der Waals surface area contributed by atoms with Gasteiger partial charge in [-0.3, -0.25) is 9.79 Å². The van der Waals surface area contributed by atoms with Crippen LogP contribution in [-0.2, 0) is 9.53 Å². The fourth-order valence-electron chi connectivity index (χ4n) is 2.91. The van der Waals surface area contributed by atoms with Crippen molar-refractivity contribution in [2.24, 2.45) is 4.99 Å². The van der Waals surface area contributed by atoms with Crippen LogP contribution in [0.4, 0.5) is 5.82 Å². The smallest absolute Gasteiger partial charge is 0.224 e. The molecular weight excluding hydrogens is 471 g/mol. The van der Waals surface area contributed by atoms with Crippen LogP contribution in [0.1, 0.15) is 19.8 Å². The van der Waals surface area contributed by atoms with Gasteiger partial charge in [-0.1, -0.05) is 6.07 Å². The summed E-state index contributed by atoms with van der Waals surface area (Å²) in [6, 6.07) is 5.92. The lowest BCUT2D eigenvalue weighted by Gasteiger charge is -2.35. The van der Waals surface area contributed by atoms with Crippen molar-refractivity contribution in [1.82, 2.24) is 20.5 Å². The van der Waals surface area contributed by atoms with Crippen molar-refractivity contribution in [2.75, 3.05) is 64.4 Å². The molecule has 1 aromatic heterocycles. The second-order valence-corrected chi connectivity index (χ2v) is 6.34. The largest absolute Gasteiger partial charge is 0.385 e. The Hall–Kier alpha value is -1.62. The first-order valence-electron chi connectivity index (χ1n) is 9.69. The Bertz CT molecular complexity index is 579. The number of piperazine rings is 1. The number of aliphatic imine (C=N–C) groups is 1. The number of ether oxygens (including phenoxy) is 1. The summed E-state index contributed by atoms with van der Waals surface area (Å²) in [5.41, 5.74) is 0. The molecule has 0 unspecified atom stereocenters. The molecular formula is C19H33IN6O2. The van der Waals surface area contributed by atoms with Gasteiger partial charge >= 0.3 is 0 Å². The first-order chi connectivity index (χ1) is 13.2. The average molecular weight is 504 g/mol. The molecule has 0 saturated carbocycles. The number of guanidine groups is 1.